The maximum atomic E-state index is 2.26. The van der Waals surface area contributed by atoms with Crippen LogP contribution in [0.25, 0.3) is 0 Å². The number of rotatable bonds is 2. The van der Waals surface area contributed by atoms with Gasteiger partial charge in [0.25, 0.3) is 0 Å². The standard InChI is InChI=1S/C16H16/c1-3-7-13(8-4-1)15-11-12-16(15)14-9-5-2-6-10-14/h1-10,15-16H,11-12H2/t15-,16-/m1/s1. The van der Waals surface area contributed by atoms with E-state index in [1.165, 1.54) is 24.0 Å². The molecule has 3 rings (SSSR count). The molecule has 0 radical (unpaired) electrons. The second kappa shape index (κ2) is 4.13. The van der Waals surface area contributed by atoms with Gasteiger partial charge in [0.15, 0.2) is 0 Å². The van der Waals surface area contributed by atoms with Gasteiger partial charge in [0.2, 0.25) is 0 Å². The second-order valence-electron chi connectivity index (χ2n) is 4.61. The summed E-state index contributed by atoms with van der Waals surface area (Å²) in [6.07, 6.45) is 2.67. The zero-order valence-electron chi connectivity index (χ0n) is 9.34. The highest BCUT2D eigenvalue weighted by molar-refractivity contribution is 5.31. The van der Waals surface area contributed by atoms with Crippen LogP contribution in [0.15, 0.2) is 60.7 Å². The first kappa shape index (κ1) is 9.65. The van der Waals surface area contributed by atoms with E-state index in [4.69, 9.17) is 0 Å². The molecule has 0 amide bonds. The van der Waals surface area contributed by atoms with E-state index in [1.54, 1.807) is 0 Å². The monoisotopic (exact) mass is 208 g/mol. The van der Waals surface area contributed by atoms with Crippen LogP contribution in [0.3, 0.4) is 0 Å². The van der Waals surface area contributed by atoms with Gasteiger partial charge in [-0.25, -0.2) is 0 Å². The fourth-order valence-electron chi connectivity index (χ4n) is 2.70. The molecule has 0 aromatic heterocycles. The molecule has 1 aliphatic carbocycles. The van der Waals surface area contributed by atoms with E-state index in [0.29, 0.717) is 0 Å². The minimum absolute atomic E-state index is 0.739. The Morgan fingerprint density at radius 1 is 0.562 bits per heavy atom. The van der Waals surface area contributed by atoms with E-state index in [-0.39, 0.29) is 0 Å². The Morgan fingerprint density at radius 3 is 1.25 bits per heavy atom. The van der Waals surface area contributed by atoms with Crippen LogP contribution in [-0.2, 0) is 0 Å². The molecule has 0 unspecified atom stereocenters. The highest BCUT2D eigenvalue weighted by atomic mass is 14.4. The van der Waals surface area contributed by atoms with Gasteiger partial charge in [-0.2, -0.15) is 0 Å². The van der Waals surface area contributed by atoms with Gasteiger partial charge in [-0.15, -0.1) is 0 Å². The maximum Gasteiger partial charge on any atom is -0.00929 e. The Kier molecular flexibility index (Phi) is 2.49. The molecule has 2 aromatic carbocycles. The van der Waals surface area contributed by atoms with Crippen molar-refractivity contribution < 1.29 is 0 Å². The molecule has 1 saturated carbocycles. The first-order chi connectivity index (χ1) is 7.95. The van der Waals surface area contributed by atoms with Gasteiger partial charge < -0.3 is 0 Å². The summed E-state index contributed by atoms with van der Waals surface area (Å²) in [6, 6.07) is 21.8. The minimum Gasteiger partial charge on any atom is -0.0622 e. The van der Waals surface area contributed by atoms with Crippen molar-refractivity contribution in [2.45, 2.75) is 24.7 Å². The largest absolute Gasteiger partial charge is 0.0622 e. The molecule has 0 aliphatic heterocycles. The smallest absolute Gasteiger partial charge is 0.00929 e. The van der Waals surface area contributed by atoms with Crippen LogP contribution in [0.1, 0.15) is 35.8 Å². The maximum absolute atomic E-state index is 2.26. The van der Waals surface area contributed by atoms with Gasteiger partial charge in [-0.3, -0.25) is 0 Å². The molecule has 16 heavy (non-hydrogen) atoms. The molecule has 0 spiro atoms. The highest BCUT2D eigenvalue weighted by Gasteiger charge is 2.32. The quantitative estimate of drug-likeness (QED) is 0.688. The molecule has 0 heterocycles. The molecule has 0 bridgehead atoms. The van der Waals surface area contributed by atoms with Crippen molar-refractivity contribution in [1.82, 2.24) is 0 Å². The lowest BCUT2D eigenvalue weighted by Gasteiger charge is -2.37. The molecule has 0 heteroatoms. The summed E-state index contributed by atoms with van der Waals surface area (Å²) >= 11 is 0. The summed E-state index contributed by atoms with van der Waals surface area (Å²) in [5.41, 5.74) is 3.00. The van der Waals surface area contributed by atoms with E-state index in [9.17, 15) is 0 Å². The van der Waals surface area contributed by atoms with Crippen LogP contribution in [0.4, 0.5) is 0 Å². The molecular formula is C16H16. The lowest BCUT2D eigenvalue weighted by Crippen LogP contribution is -2.21. The van der Waals surface area contributed by atoms with Crippen molar-refractivity contribution in [1.29, 1.82) is 0 Å². The van der Waals surface area contributed by atoms with Gasteiger partial charge in [-0.1, -0.05) is 60.7 Å². The third-order valence-electron chi connectivity index (χ3n) is 3.73. The Labute approximate surface area is 96.9 Å². The lowest BCUT2D eigenvalue weighted by atomic mass is 9.67. The van der Waals surface area contributed by atoms with Crippen molar-refractivity contribution in [3.8, 4) is 0 Å². The topological polar surface area (TPSA) is 0 Å². The summed E-state index contributed by atoms with van der Waals surface area (Å²) < 4.78 is 0. The van der Waals surface area contributed by atoms with Crippen LogP contribution in [-0.4, -0.2) is 0 Å². The second-order valence-corrected chi connectivity index (χ2v) is 4.61. The SMILES string of the molecule is c1ccc([C@H]2CC[C@@H]2c2ccccc2)cc1. The van der Waals surface area contributed by atoms with Crippen molar-refractivity contribution in [3.63, 3.8) is 0 Å². The van der Waals surface area contributed by atoms with Crippen molar-refractivity contribution in [2.75, 3.05) is 0 Å². The summed E-state index contributed by atoms with van der Waals surface area (Å²) in [7, 11) is 0. The highest BCUT2D eigenvalue weighted by Crippen LogP contribution is 2.48. The Morgan fingerprint density at radius 2 is 0.938 bits per heavy atom. The average molecular weight is 208 g/mol. The first-order valence-corrected chi connectivity index (χ1v) is 6.05. The zero-order chi connectivity index (χ0) is 10.8. The molecule has 2 atom stereocenters. The average Bonchev–Trinajstić information content (AvgIpc) is 2.30. The molecule has 2 aromatic rings. The predicted octanol–water partition coefficient (Wildman–Crippen LogP) is 4.35. The van der Waals surface area contributed by atoms with E-state index in [2.05, 4.69) is 60.7 Å². The Hall–Kier alpha value is -1.56. The number of hydrogen-bond acceptors (Lipinski definition) is 0. The molecule has 80 valence electrons. The van der Waals surface area contributed by atoms with Crippen molar-refractivity contribution >= 4 is 0 Å². The molecular weight excluding hydrogens is 192 g/mol. The van der Waals surface area contributed by atoms with Gasteiger partial charge in [0, 0.05) is 0 Å². The van der Waals surface area contributed by atoms with Gasteiger partial charge >= 0.3 is 0 Å². The Balaban J connectivity index is 1.85. The zero-order valence-corrected chi connectivity index (χ0v) is 9.34. The van der Waals surface area contributed by atoms with Gasteiger partial charge in [-0.05, 0) is 35.8 Å². The lowest BCUT2D eigenvalue weighted by molar-refractivity contribution is 0.346. The molecule has 0 N–H and O–H groups in total. The Bertz CT molecular complexity index is 398. The number of hydrogen-bond donors (Lipinski definition) is 0. The fourth-order valence-corrected chi connectivity index (χ4v) is 2.70. The third kappa shape index (κ3) is 1.65. The molecule has 0 saturated heterocycles. The van der Waals surface area contributed by atoms with Gasteiger partial charge in [0.1, 0.15) is 0 Å². The third-order valence-corrected chi connectivity index (χ3v) is 3.73. The van der Waals surface area contributed by atoms with Gasteiger partial charge in [0.05, 0.1) is 0 Å². The number of benzene rings is 2. The van der Waals surface area contributed by atoms with Crippen LogP contribution >= 0.6 is 0 Å². The summed E-state index contributed by atoms with van der Waals surface area (Å²) in [6.45, 7) is 0. The molecule has 1 aliphatic rings. The fraction of sp³-hybridized carbons (Fsp3) is 0.250. The molecule has 1 fully saturated rings. The van der Waals surface area contributed by atoms with Crippen LogP contribution < -0.4 is 0 Å². The first-order valence-electron chi connectivity index (χ1n) is 6.05. The van der Waals surface area contributed by atoms with Crippen molar-refractivity contribution in [3.05, 3.63) is 71.8 Å². The summed E-state index contributed by atoms with van der Waals surface area (Å²) in [4.78, 5) is 0. The summed E-state index contributed by atoms with van der Waals surface area (Å²) in [5.74, 6) is 1.48. The van der Waals surface area contributed by atoms with Crippen LogP contribution in [0.5, 0.6) is 0 Å². The van der Waals surface area contributed by atoms with E-state index < -0.39 is 0 Å². The van der Waals surface area contributed by atoms with E-state index in [1.807, 2.05) is 0 Å². The summed E-state index contributed by atoms with van der Waals surface area (Å²) in [5, 5.41) is 0. The normalized spacial score (nSPS) is 23.8. The molecule has 0 nitrogen and oxygen atoms in total. The van der Waals surface area contributed by atoms with E-state index >= 15 is 0 Å². The van der Waals surface area contributed by atoms with E-state index in [0.717, 1.165) is 11.8 Å². The minimum atomic E-state index is 0.739. The van der Waals surface area contributed by atoms with Crippen LogP contribution in [0.2, 0.25) is 0 Å². The van der Waals surface area contributed by atoms with Crippen LogP contribution in [0, 0.1) is 0 Å². The predicted molar refractivity (Wildman–Crippen MR) is 67.6 cm³/mol. The van der Waals surface area contributed by atoms with Crippen molar-refractivity contribution in [2.24, 2.45) is 0 Å².